The molecule has 5 nitrogen and oxygen atoms in total. The number of sulfonamides is 1. The summed E-state index contributed by atoms with van der Waals surface area (Å²) < 4.78 is 27.0. The van der Waals surface area contributed by atoms with Crippen molar-refractivity contribution in [3.05, 3.63) is 59.7 Å². The Balaban J connectivity index is 1.70. The summed E-state index contributed by atoms with van der Waals surface area (Å²) in [5, 5.41) is 2.77. The maximum atomic E-state index is 12.2. The lowest BCUT2D eigenvalue weighted by atomic mass is 10.0. The molecule has 1 amide bonds. The topological polar surface area (TPSA) is 75.3 Å². The van der Waals surface area contributed by atoms with Crippen LogP contribution in [0.3, 0.4) is 0 Å². The summed E-state index contributed by atoms with van der Waals surface area (Å²) in [4.78, 5) is 11.6. The quantitative estimate of drug-likeness (QED) is 0.885. The third-order valence-electron chi connectivity index (χ3n) is 3.94. The van der Waals surface area contributed by atoms with E-state index in [1.54, 1.807) is 25.1 Å². The number of carbonyl (C=O) groups is 1. The molecule has 120 valence electrons. The Labute approximate surface area is 135 Å². The van der Waals surface area contributed by atoms with Gasteiger partial charge in [-0.3, -0.25) is 9.52 Å². The van der Waals surface area contributed by atoms with Gasteiger partial charge in [-0.2, -0.15) is 0 Å². The number of hydrogen-bond donors (Lipinski definition) is 2. The number of carbonyl (C=O) groups excluding carboxylic acids is 1. The molecule has 0 saturated heterocycles. The number of aryl methyl sites for hydroxylation is 1. The minimum atomic E-state index is -3.44. The number of hydrogen-bond acceptors (Lipinski definition) is 3. The fraction of sp³-hybridized carbons (Fsp3) is 0.235. The molecule has 6 heteroatoms. The monoisotopic (exact) mass is 330 g/mol. The number of anilines is 2. The number of amides is 1. The second kappa shape index (κ2) is 6.04. The average molecular weight is 330 g/mol. The summed E-state index contributed by atoms with van der Waals surface area (Å²) in [5.74, 6) is -0.316. The van der Waals surface area contributed by atoms with Crippen molar-refractivity contribution < 1.29 is 13.2 Å². The van der Waals surface area contributed by atoms with Gasteiger partial charge in [0.1, 0.15) is 0 Å². The Morgan fingerprint density at radius 3 is 2.61 bits per heavy atom. The third kappa shape index (κ3) is 3.53. The predicted octanol–water partition coefficient (Wildman–Crippen LogP) is 2.73. The molecule has 2 aromatic rings. The lowest BCUT2D eigenvalue weighted by molar-refractivity contribution is -0.116. The van der Waals surface area contributed by atoms with Gasteiger partial charge < -0.3 is 5.32 Å². The summed E-state index contributed by atoms with van der Waals surface area (Å²) in [6, 6.07) is 14.6. The van der Waals surface area contributed by atoms with Crippen LogP contribution in [0.15, 0.2) is 48.5 Å². The molecule has 2 N–H and O–H groups in total. The van der Waals surface area contributed by atoms with E-state index >= 15 is 0 Å². The van der Waals surface area contributed by atoms with Crippen LogP contribution in [-0.4, -0.2) is 20.1 Å². The van der Waals surface area contributed by atoms with Crippen LogP contribution in [0.2, 0.25) is 0 Å². The summed E-state index contributed by atoms with van der Waals surface area (Å²) in [7, 11) is -3.44. The van der Waals surface area contributed by atoms with Gasteiger partial charge in [0.2, 0.25) is 15.9 Å². The molecule has 1 unspecified atom stereocenters. The van der Waals surface area contributed by atoms with Crippen molar-refractivity contribution >= 4 is 27.3 Å². The van der Waals surface area contributed by atoms with Crippen LogP contribution in [0.5, 0.6) is 0 Å². The zero-order chi connectivity index (χ0) is 16.4. The minimum absolute atomic E-state index is 0.0147. The Morgan fingerprint density at radius 1 is 1.13 bits per heavy atom. The van der Waals surface area contributed by atoms with Gasteiger partial charge in [-0.1, -0.05) is 30.3 Å². The van der Waals surface area contributed by atoms with E-state index in [1.807, 2.05) is 30.3 Å². The van der Waals surface area contributed by atoms with E-state index in [4.69, 9.17) is 0 Å². The molecular formula is C17H18N2O3S. The second-order valence-electron chi connectivity index (χ2n) is 5.67. The first-order valence-corrected chi connectivity index (χ1v) is 9.09. The molecule has 0 fully saturated rings. The standard InChI is InChI=1S/C17H18N2O3S/c1-12-15-11-14(7-8-16(15)18-17(12)20)19-23(21,22)10-9-13-5-3-2-4-6-13/h2-8,11-12,19H,9-10H2,1H3,(H,18,20). The molecule has 1 heterocycles. The van der Waals surface area contributed by atoms with Crippen LogP contribution in [-0.2, 0) is 21.2 Å². The highest BCUT2D eigenvalue weighted by Gasteiger charge is 2.26. The number of benzene rings is 2. The van der Waals surface area contributed by atoms with E-state index in [9.17, 15) is 13.2 Å². The van der Waals surface area contributed by atoms with Crippen LogP contribution in [0, 0.1) is 0 Å². The van der Waals surface area contributed by atoms with Crippen LogP contribution in [0.25, 0.3) is 0 Å². The van der Waals surface area contributed by atoms with Crippen LogP contribution in [0.4, 0.5) is 11.4 Å². The second-order valence-corrected chi connectivity index (χ2v) is 7.51. The van der Waals surface area contributed by atoms with Gasteiger partial charge in [0.25, 0.3) is 0 Å². The molecule has 23 heavy (non-hydrogen) atoms. The Kier molecular flexibility index (Phi) is 4.09. The van der Waals surface area contributed by atoms with Gasteiger partial charge >= 0.3 is 0 Å². The van der Waals surface area contributed by atoms with Crippen molar-refractivity contribution in [1.29, 1.82) is 0 Å². The van der Waals surface area contributed by atoms with Crippen molar-refractivity contribution in [3.63, 3.8) is 0 Å². The molecule has 0 saturated carbocycles. The maximum absolute atomic E-state index is 12.2. The molecule has 0 aliphatic carbocycles. The maximum Gasteiger partial charge on any atom is 0.233 e. The lowest BCUT2D eigenvalue weighted by Gasteiger charge is -2.10. The molecule has 0 aromatic heterocycles. The van der Waals surface area contributed by atoms with E-state index in [2.05, 4.69) is 10.0 Å². The van der Waals surface area contributed by atoms with Gasteiger partial charge in [-0.25, -0.2) is 8.42 Å². The van der Waals surface area contributed by atoms with Gasteiger partial charge in [-0.05, 0) is 42.7 Å². The van der Waals surface area contributed by atoms with Gasteiger partial charge in [0.15, 0.2) is 0 Å². The van der Waals surface area contributed by atoms with Crippen molar-refractivity contribution in [2.45, 2.75) is 19.3 Å². The first-order valence-electron chi connectivity index (χ1n) is 7.44. The highest BCUT2D eigenvalue weighted by molar-refractivity contribution is 7.92. The SMILES string of the molecule is CC1C(=O)Nc2ccc(NS(=O)(=O)CCc3ccccc3)cc21. The largest absolute Gasteiger partial charge is 0.325 e. The van der Waals surface area contributed by atoms with Gasteiger partial charge in [0.05, 0.1) is 11.7 Å². The molecule has 1 atom stereocenters. The summed E-state index contributed by atoms with van der Waals surface area (Å²) in [6.45, 7) is 1.80. The zero-order valence-corrected chi connectivity index (χ0v) is 13.6. The summed E-state index contributed by atoms with van der Waals surface area (Å²) in [5.41, 5.74) is 3.03. The highest BCUT2D eigenvalue weighted by atomic mass is 32.2. The van der Waals surface area contributed by atoms with E-state index in [0.717, 1.165) is 16.8 Å². The predicted molar refractivity (Wildman–Crippen MR) is 91.0 cm³/mol. The van der Waals surface area contributed by atoms with Crippen LogP contribution in [0.1, 0.15) is 24.0 Å². The van der Waals surface area contributed by atoms with Gasteiger partial charge in [-0.15, -0.1) is 0 Å². The molecule has 0 bridgehead atoms. The van der Waals surface area contributed by atoms with E-state index < -0.39 is 10.0 Å². The smallest absolute Gasteiger partial charge is 0.233 e. The number of fused-ring (bicyclic) bond motifs is 1. The minimum Gasteiger partial charge on any atom is -0.325 e. The first-order chi connectivity index (χ1) is 10.9. The van der Waals surface area contributed by atoms with E-state index in [1.165, 1.54) is 0 Å². The third-order valence-corrected chi connectivity index (χ3v) is 5.23. The lowest BCUT2D eigenvalue weighted by Crippen LogP contribution is -2.18. The van der Waals surface area contributed by atoms with E-state index in [-0.39, 0.29) is 17.6 Å². The summed E-state index contributed by atoms with van der Waals surface area (Å²) >= 11 is 0. The molecule has 2 aromatic carbocycles. The molecule has 1 aliphatic heterocycles. The fourth-order valence-electron chi connectivity index (χ4n) is 2.61. The molecule has 1 aliphatic rings. The highest BCUT2D eigenvalue weighted by Crippen LogP contribution is 2.34. The Hall–Kier alpha value is -2.34. The first kappa shape index (κ1) is 15.6. The number of nitrogens with one attached hydrogen (secondary N) is 2. The average Bonchev–Trinajstić information content (AvgIpc) is 2.81. The van der Waals surface area contributed by atoms with Gasteiger partial charge in [0, 0.05) is 11.4 Å². The normalized spacial score (nSPS) is 16.7. The Morgan fingerprint density at radius 2 is 1.87 bits per heavy atom. The van der Waals surface area contributed by atoms with Crippen molar-refractivity contribution in [2.75, 3.05) is 15.8 Å². The van der Waals surface area contributed by atoms with Crippen LogP contribution >= 0.6 is 0 Å². The zero-order valence-electron chi connectivity index (χ0n) is 12.7. The van der Waals surface area contributed by atoms with E-state index in [0.29, 0.717) is 12.1 Å². The molecule has 0 radical (unpaired) electrons. The fourth-order valence-corrected chi connectivity index (χ4v) is 3.70. The molecule has 3 rings (SSSR count). The van der Waals surface area contributed by atoms with Crippen molar-refractivity contribution in [3.8, 4) is 0 Å². The molecular weight excluding hydrogens is 312 g/mol. The van der Waals surface area contributed by atoms with Crippen molar-refractivity contribution in [2.24, 2.45) is 0 Å². The summed E-state index contributed by atoms with van der Waals surface area (Å²) in [6.07, 6.45) is 0.456. The van der Waals surface area contributed by atoms with Crippen molar-refractivity contribution in [1.82, 2.24) is 0 Å². The molecule has 0 spiro atoms. The Bertz CT molecular complexity index is 832. The number of rotatable bonds is 5. The van der Waals surface area contributed by atoms with Crippen LogP contribution < -0.4 is 10.0 Å².